The fourth-order valence-corrected chi connectivity index (χ4v) is 0.721. The van der Waals surface area contributed by atoms with E-state index in [1.807, 2.05) is 0 Å². The van der Waals surface area contributed by atoms with Crippen molar-refractivity contribution >= 4 is 35.8 Å². The van der Waals surface area contributed by atoms with Gasteiger partial charge in [0.25, 0.3) is 0 Å². The molecule has 0 aliphatic carbocycles. The Morgan fingerprint density at radius 1 is 1.00 bits per heavy atom. The minimum absolute atomic E-state index is 0. The van der Waals surface area contributed by atoms with Gasteiger partial charge in [-0.05, 0) is 0 Å². The van der Waals surface area contributed by atoms with E-state index < -0.39 is 25.0 Å². The molecule has 122 valence electrons. The molecular weight excluding hydrogens is 381 g/mol. The first-order chi connectivity index (χ1) is 9.39. The summed E-state index contributed by atoms with van der Waals surface area (Å²) < 4.78 is 0. The molecule has 0 rings (SSSR count). The van der Waals surface area contributed by atoms with E-state index in [2.05, 4.69) is 27.7 Å². The van der Waals surface area contributed by atoms with Gasteiger partial charge in [-0.2, -0.15) is 0 Å². The molecule has 0 aliphatic rings. The van der Waals surface area contributed by atoms with Crippen molar-refractivity contribution in [1.29, 1.82) is 0 Å². The number of aliphatic carboxylic acids is 2. The Morgan fingerprint density at radius 3 is 1.43 bits per heavy atom. The van der Waals surface area contributed by atoms with E-state index in [-0.39, 0.29) is 37.1 Å². The van der Waals surface area contributed by atoms with Crippen LogP contribution in [0.15, 0.2) is 0 Å². The van der Waals surface area contributed by atoms with Crippen molar-refractivity contribution in [2.75, 3.05) is 26.2 Å². The number of carbonyl (C=O) groups excluding carboxylic acids is 2. The Morgan fingerprint density at radius 2 is 1.29 bits per heavy atom. The third-order valence-electron chi connectivity index (χ3n) is 1.83. The number of carboxylic acids is 2. The summed E-state index contributed by atoms with van der Waals surface area (Å²) in [5.74, 6) is -2.77. The van der Waals surface area contributed by atoms with E-state index in [4.69, 9.17) is 5.11 Å². The summed E-state index contributed by atoms with van der Waals surface area (Å²) >= 11 is 0. The molecule has 0 unspecified atom stereocenters. The second-order valence-corrected chi connectivity index (χ2v) is 3.89. The summed E-state index contributed by atoms with van der Waals surface area (Å²) in [4.78, 5) is 21.0. The molecule has 0 saturated heterocycles. The zero-order valence-corrected chi connectivity index (χ0v) is 16.0. The van der Waals surface area contributed by atoms with Gasteiger partial charge in [0.2, 0.25) is 0 Å². The van der Waals surface area contributed by atoms with Crippen molar-refractivity contribution in [3.8, 4) is 0 Å². The van der Waals surface area contributed by atoms with E-state index in [9.17, 15) is 19.8 Å². The number of aliphatic hydroxyl groups excluding tert-OH is 1. The molecule has 0 aromatic carbocycles. The molecule has 21 heavy (non-hydrogen) atoms. The molecular formula is C14H27NO5Sn. The molecule has 0 fully saturated rings. The normalized spacial score (nSPS) is 8.67. The maximum atomic E-state index is 10.0. The number of nitrogens with zero attached hydrogens (tertiary/aromatic N) is 1. The number of hydrogen-bond donors (Lipinski definition) is 1. The van der Waals surface area contributed by atoms with E-state index in [1.165, 1.54) is 12.8 Å². The molecule has 4 radical (unpaired) electrons. The number of hydrogen-bond acceptors (Lipinski definition) is 6. The summed E-state index contributed by atoms with van der Waals surface area (Å²) in [5.41, 5.74) is 0. The monoisotopic (exact) mass is 409 g/mol. The van der Waals surface area contributed by atoms with Crippen molar-refractivity contribution < 1.29 is 24.9 Å². The summed E-state index contributed by atoms with van der Waals surface area (Å²) in [5, 5.41) is 28.4. The van der Waals surface area contributed by atoms with Crippen molar-refractivity contribution in [2.24, 2.45) is 0 Å². The Balaban J connectivity index is -0.000000134. The van der Waals surface area contributed by atoms with Gasteiger partial charge in [-0.25, -0.2) is 0 Å². The van der Waals surface area contributed by atoms with E-state index in [1.54, 1.807) is 0 Å². The van der Waals surface area contributed by atoms with Gasteiger partial charge in [0, 0.05) is 19.6 Å². The summed E-state index contributed by atoms with van der Waals surface area (Å²) in [6.45, 7) is 10.1. The molecule has 0 heterocycles. The molecule has 0 bridgehead atoms. The van der Waals surface area contributed by atoms with Gasteiger partial charge >= 0.3 is 23.9 Å². The van der Waals surface area contributed by atoms with Crippen molar-refractivity contribution in [3.05, 3.63) is 13.8 Å². The number of rotatable bonds is 8. The van der Waals surface area contributed by atoms with Gasteiger partial charge in [0.1, 0.15) is 0 Å². The Kier molecular flexibility index (Phi) is 33.8. The summed E-state index contributed by atoms with van der Waals surface area (Å²) in [6, 6.07) is 0. The third kappa shape index (κ3) is 38.3. The van der Waals surface area contributed by atoms with Crippen LogP contribution in [0.3, 0.4) is 0 Å². The van der Waals surface area contributed by atoms with Crippen LogP contribution >= 0.6 is 0 Å². The Hall–Kier alpha value is -0.341. The second kappa shape index (κ2) is 24.7. The van der Waals surface area contributed by atoms with Crippen LogP contribution in [0, 0.1) is 13.8 Å². The maximum Gasteiger partial charge on any atom is 2.00 e. The third-order valence-corrected chi connectivity index (χ3v) is 1.83. The van der Waals surface area contributed by atoms with Crippen LogP contribution in [0.1, 0.15) is 39.5 Å². The zero-order chi connectivity index (χ0) is 16.4. The minimum Gasteiger partial charge on any atom is -0.549 e. The predicted octanol–water partition coefficient (Wildman–Crippen LogP) is -1.36. The average Bonchev–Trinajstić information content (AvgIpc) is 2.38. The van der Waals surface area contributed by atoms with Crippen LogP contribution in [0.2, 0.25) is 0 Å². The van der Waals surface area contributed by atoms with E-state index in [0.717, 1.165) is 17.7 Å². The fraction of sp³-hybridized carbons (Fsp3) is 0.714. The molecule has 0 aliphatic heterocycles. The van der Waals surface area contributed by atoms with Crippen molar-refractivity contribution in [3.63, 3.8) is 0 Å². The molecule has 0 spiro atoms. The van der Waals surface area contributed by atoms with Crippen molar-refractivity contribution in [1.82, 2.24) is 4.90 Å². The van der Waals surface area contributed by atoms with Gasteiger partial charge in [0.15, 0.2) is 0 Å². The van der Waals surface area contributed by atoms with E-state index >= 15 is 0 Å². The molecule has 7 heteroatoms. The topological polar surface area (TPSA) is 104 Å². The fourth-order valence-electron chi connectivity index (χ4n) is 0.721. The Labute approximate surface area is 145 Å². The van der Waals surface area contributed by atoms with Crippen LogP contribution < -0.4 is 10.2 Å². The van der Waals surface area contributed by atoms with Gasteiger partial charge < -0.3 is 24.9 Å². The van der Waals surface area contributed by atoms with E-state index in [0.29, 0.717) is 0 Å². The van der Waals surface area contributed by atoms with Gasteiger partial charge in [-0.15, -0.1) is 0 Å². The molecule has 1 N–H and O–H groups in total. The largest absolute Gasteiger partial charge is 2.00 e. The number of unbranched alkanes of at least 4 members (excludes halogenated alkanes) is 2. The first-order valence-corrected chi connectivity index (χ1v) is 6.70. The molecule has 0 saturated carbocycles. The number of aliphatic hydroxyl groups is 1. The smallest absolute Gasteiger partial charge is 0.549 e. The molecule has 6 nitrogen and oxygen atoms in total. The molecule has 0 aromatic rings. The number of carboxylic acid groups (broad SMARTS) is 2. The van der Waals surface area contributed by atoms with Gasteiger partial charge in [0.05, 0.1) is 18.5 Å². The first kappa shape index (κ1) is 28.8. The van der Waals surface area contributed by atoms with Crippen LogP contribution in [0.4, 0.5) is 0 Å². The Bertz CT molecular complexity index is 203. The standard InChI is InChI=1S/C6H11NO5.2C4H9.Sn/c8-2-1-7(3-5(9)10)4-6(11)12;2*1-3-4-2;/h8H,1-4H2,(H,9,10)(H,11,12);2*1,3-4H2,2H3;/q;;;+2/p-2. The molecule has 0 atom stereocenters. The summed E-state index contributed by atoms with van der Waals surface area (Å²) in [6.07, 6.45) is 4.56. The van der Waals surface area contributed by atoms with Gasteiger partial charge in [-0.3, -0.25) is 4.90 Å². The summed E-state index contributed by atoms with van der Waals surface area (Å²) in [7, 11) is 0. The minimum atomic E-state index is -1.38. The van der Waals surface area contributed by atoms with Gasteiger partial charge in [-0.1, -0.05) is 53.4 Å². The number of carbonyl (C=O) groups is 2. The molecule has 0 amide bonds. The second-order valence-electron chi connectivity index (χ2n) is 3.89. The van der Waals surface area contributed by atoms with Crippen molar-refractivity contribution in [2.45, 2.75) is 39.5 Å². The first-order valence-electron chi connectivity index (χ1n) is 6.70. The predicted molar refractivity (Wildman–Crippen MR) is 79.8 cm³/mol. The van der Waals surface area contributed by atoms with Crippen LogP contribution in [-0.2, 0) is 9.59 Å². The molecule has 0 aromatic heterocycles. The average molecular weight is 408 g/mol. The SMILES string of the molecule is O=C([O-])CN(CCO)CC(=O)[O-].[CH2]CCC.[CH2]CCC.[Sn+2]. The maximum absolute atomic E-state index is 10.0. The van der Waals surface area contributed by atoms with Crippen LogP contribution in [-0.4, -0.2) is 72.1 Å². The quantitative estimate of drug-likeness (QED) is 0.498. The van der Waals surface area contributed by atoms with Crippen LogP contribution in [0.5, 0.6) is 0 Å². The zero-order valence-electron chi connectivity index (χ0n) is 13.1. The van der Waals surface area contributed by atoms with Crippen LogP contribution in [0.25, 0.3) is 0 Å².